The van der Waals surface area contributed by atoms with Crippen LogP contribution in [0.3, 0.4) is 0 Å². The summed E-state index contributed by atoms with van der Waals surface area (Å²) in [5.74, 6) is 3.08. The molecular formula is C31H33NO4. The molecule has 3 aromatic carbocycles. The fourth-order valence-electron chi connectivity index (χ4n) is 4.95. The minimum atomic E-state index is 0.0507. The first-order valence-corrected chi connectivity index (χ1v) is 12.7. The van der Waals surface area contributed by atoms with Crippen molar-refractivity contribution in [3.05, 3.63) is 84.4 Å². The molecule has 0 aromatic heterocycles. The normalized spacial score (nSPS) is 15.1. The highest BCUT2D eigenvalue weighted by Gasteiger charge is 2.23. The molecule has 0 aliphatic carbocycles. The third-order valence-corrected chi connectivity index (χ3v) is 7.15. The van der Waals surface area contributed by atoms with Gasteiger partial charge in [-0.05, 0) is 79.5 Å². The summed E-state index contributed by atoms with van der Waals surface area (Å²) in [6.45, 7) is 7.99. The summed E-state index contributed by atoms with van der Waals surface area (Å²) in [4.78, 5) is 14.9. The molecule has 1 amide bonds. The van der Waals surface area contributed by atoms with Gasteiger partial charge in [-0.15, -0.1) is 0 Å². The fraction of sp³-hybridized carbons (Fsp3) is 0.323. The lowest BCUT2D eigenvalue weighted by atomic mass is 9.90. The number of para-hydroxylation sites is 1. The number of benzene rings is 3. The van der Waals surface area contributed by atoms with Crippen LogP contribution in [0.25, 0.3) is 16.7 Å². The lowest BCUT2D eigenvalue weighted by molar-refractivity contribution is -0.134. The lowest BCUT2D eigenvalue weighted by Crippen LogP contribution is -2.41. The van der Waals surface area contributed by atoms with Crippen molar-refractivity contribution < 1.29 is 19.0 Å². The molecule has 0 radical (unpaired) electrons. The first-order chi connectivity index (χ1) is 17.6. The van der Waals surface area contributed by atoms with Gasteiger partial charge in [-0.25, -0.2) is 0 Å². The van der Waals surface area contributed by atoms with Gasteiger partial charge in [0.15, 0.2) is 18.1 Å². The van der Waals surface area contributed by atoms with Gasteiger partial charge in [0.2, 0.25) is 6.79 Å². The van der Waals surface area contributed by atoms with E-state index in [1.807, 2.05) is 48.2 Å². The number of ether oxygens (including phenoxy) is 3. The van der Waals surface area contributed by atoms with Crippen molar-refractivity contribution in [2.45, 2.75) is 32.6 Å². The molecule has 3 aromatic rings. The topological polar surface area (TPSA) is 48.0 Å². The maximum Gasteiger partial charge on any atom is 0.260 e. The average Bonchev–Trinajstić information content (AvgIpc) is 3.39. The molecule has 186 valence electrons. The molecular weight excluding hydrogens is 450 g/mol. The van der Waals surface area contributed by atoms with Crippen LogP contribution in [0.1, 0.15) is 37.3 Å². The summed E-state index contributed by atoms with van der Waals surface area (Å²) < 4.78 is 16.9. The highest BCUT2D eigenvalue weighted by atomic mass is 16.7. The van der Waals surface area contributed by atoms with Crippen LogP contribution in [-0.4, -0.2) is 37.3 Å². The third kappa shape index (κ3) is 5.56. The van der Waals surface area contributed by atoms with Gasteiger partial charge in [0.1, 0.15) is 5.75 Å². The Morgan fingerprint density at radius 3 is 2.64 bits per heavy atom. The van der Waals surface area contributed by atoms with Gasteiger partial charge in [0.25, 0.3) is 5.91 Å². The molecule has 5 rings (SSSR count). The number of likely N-dealkylation sites (tertiary alicyclic amines) is 1. The Hall–Kier alpha value is -3.73. The van der Waals surface area contributed by atoms with Crippen molar-refractivity contribution in [1.29, 1.82) is 0 Å². The van der Waals surface area contributed by atoms with Crippen LogP contribution in [0.4, 0.5) is 0 Å². The largest absolute Gasteiger partial charge is 0.483 e. The van der Waals surface area contributed by atoms with Crippen molar-refractivity contribution in [3.63, 3.8) is 0 Å². The molecule has 0 unspecified atom stereocenters. The molecule has 2 heterocycles. The quantitative estimate of drug-likeness (QED) is 0.374. The third-order valence-electron chi connectivity index (χ3n) is 7.15. The summed E-state index contributed by atoms with van der Waals surface area (Å²) in [5.41, 5.74) is 5.43. The van der Waals surface area contributed by atoms with Gasteiger partial charge in [-0.3, -0.25) is 4.79 Å². The highest BCUT2D eigenvalue weighted by molar-refractivity contribution is 5.79. The van der Waals surface area contributed by atoms with Crippen molar-refractivity contribution in [2.75, 3.05) is 26.5 Å². The number of carbonyl (C=O) groups excluding carboxylic acids is 1. The molecule has 36 heavy (non-hydrogen) atoms. The Bertz CT molecular complexity index is 1240. The first-order valence-electron chi connectivity index (χ1n) is 12.7. The second kappa shape index (κ2) is 10.9. The van der Waals surface area contributed by atoms with E-state index < -0.39 is 0 Å². The fourth-order valence-corrected chi connectivity index (χ4v) is 4.95. The number of piperidine rings is 1. The van der Waals surface area contributed by atoms with E-state index in [1.54, 1.807) is 0 Å². The summed E-state index contributed by atoms with van der Waals surface area (Å²) in [6.07, 6.45) is 4.19. The van der Waals surface area contributed by atoms with E-state index in [0.29, 0.717) is 12.7 Å². The van der Waals surface area contributed by atoms with Gasteiger partial charge in [-0.1, -0.05) is 54.6 Å². The molecule has 1 saturated heterocycles. The zero-order valence-electron chi connectivity index (χ0n) is 20.9. The lowest BCUT2D eigenvalue weighted by Gasteiger charge is -2.32. The van der Waals surface area contributed by atoms with Gasteiger partial charge in [0, 0.05) is 18.7 Å². The van der Waals surface area contributed by atoms with Crippen molar-refractivity contribution in [1.82, 2.24) is 4.90 Å². The van der Waals surface area contributed by atoms with Crippen molar-refractivity contribution >= 4 is 11.5 Å². The minimum Gasteiger partial charge on any atom is -0.483 e. The van der Waals surface area contributed by atoms with E-state index in [4.69, 9.17) is 14.2 Å². The predicted octanol–water partition coefficient (Wildman–Crippen LogP) is 6.37. The van der Waals surface area contributed by atoms with Crippen molar-refractivity contribution in [3.8, 4) is 28.4 Å². The van der Waals surface area contributed by atoms with Gasteiger partial charge < -0.3 is 19.1 Å². The summed E-state index contributed by atoms with van der Waals surface area (Å²) in [7, 11) is 0. The van der Waals surface area contributed by atoms with Crippen LogP contribution >= 0.6 is 0 Å². The standard InChI is InChI=1S/C31H33NO4/c1-22(2)25-6-5-7-26(19-25)27-8-3-4-9-28(27)34-20-31(33)32-16-14-23(15-17-32)10-11-24-12-13-29-30(18-24)36-21-35-29/h3-9,12-13,18-19,23H,1,10-11,14-17,20-21H2,2H3. The van der Waals surface area contributed by atoms with E-state index in [1.165, 1.54) is 5.56 Å². The monoisotopic (exact) mass is 483 g/mol. The van der Waals surface area contributed by atoms with E-state index in [2.05, 4.69) is 36.9 Å². The predicted molar refractivity (Wildman–Crippen MR) is 142 cm³/mol. The zero-order valence-corrected chi connectivity index (χ0v) is 20.9. The Morgan fingerprint density at radius 1 is 1.00 bits per heavy atom. The van der Waals surface area contributed by atoms with Gasteiger partial charge >= 0.3 is 0 Å². The highest BCUT2D eigenvalue weighted by Crippen LogP contribution is 2.34. The van der Waals surface area contributed by atoms with E-state index in [0.717, 1.165) is 78.3 Å². The zero-order chi connectivity index (χ0) is 24.9. The summed E-state index contributed by atoms with van der Waals surface area (Å²) in [5, 5.41) is 0. The second-order valence-corrected chi connectivity index (χ2v) is 9.70. The number of carbonyl (C=O) groups is 1. The molecule has 0 bridgehead atoms. The number of nitrogens with zero attached hydrogens (tertiary/aromatic N) is 1. The molecule has 0 atom stereocenters. The molecule has 0 spiro atoms. The number of aryl methyl sites for hydroxylation is 1. The minimum absolute atomic E-state index is 0.0507. The molecule has 0 saturated carbocycles. The average molecular weight is 484 g/mol. The molecule has 0 N–H and O–H groups in total. The number of hydrogen-bond donors (Lipinski definition) is 0. The number of allylic oxidation sites excluding steroid dienone is 1. The van der Waals surface area contributed by atoms with E-state index in [-0.39, 0.29) is 12.5 Å². The Morgan fingerprint density at radius 2 is 1.81 bits per heavy atom. The SMILES string of the molecule is C=C(C)c1cccc(-c2ccccc2OCC(=O)N2CCC(CCc3ccc4c(c3)OCO4)CC2)c1. The van der Waals surface area contributed by atoms with Crippen LogP contribution in [0, 0.1) is 5.92 Å². The molecule has 2 aliphatic heterocycles. The number of rotatable bonds is 8. The second-order valence-electron chi connectivity index (χ2n) is 9.70. The van der Waals surface area contributed by atoms with Gasteiger partial charge in [0.05, 0.1) is 0 Å². The molecule has 2 aliphatic rings. The smallest absolute Gasteiger partial charge is 0.260 e. The Kier molecular flexibility index (Phi) is 7.26. The van der Waals surface area contributed by atoms with Crippen LogP contribution < -0.4 is 14.2 Å². The number of hydrogen-bond acceptors (Lipinski definition) is 4. The molecule has 5 nitrogen and oxygen atoms in total. The van der Waals surface area contributed by atoms with Crippen molar-refractivity contribution in [2.24, 2.45) is 5.92 Å². The van der Waals surface area contributed by atoms with Gasteiger partial charge in [-0.2, -0.15) is 0 Å². The maximum absolute atomic E-state index is 12.9. The Balaban J connectivity index is 1.12. The number of fused-ring (bicyclic) bond motifs is 1. The Labute approximate surface area is 213 Å². The first kappa shape index (κ1) is 24.0. The number of amides is 1. The van der Waals surface area contributed by atoms with Crippen LogP contribution in [0.15, 0.2) is 73.3 Å². The summed E-state index contributed by atoms with van der Waals surface area (Å²) >= 11 is 0. The van der Waals surface area contributed by atoms with Crippen LogP contribution in [0.2, 0.25) is 0 Å². The van der Waals surface area contributed by atoms with Crippen LogP contribution in [-0.2, 0) is 11.2 Å². The van der Waals surface area contributed by atoms with Crippen LogP contribution in [0.5, 0.6) is 17.2 Å². The molecule has 1 fully saturated rings. The van der Waals surface area contributed by atoms with E-state index in [9.17, 15) is 4.79 Å². The molecule has 5 heteroatoms. The summed E-state index contributed by atoms with van der Waals surface area (Å²) in [6, 6.07) is 22.3. The maximum atomic E-state index is 12.9. The van der Waals surface area contributed by atoms with E-state index >= 15 is 0 Å².